The fourth-order valence-electron chi connectivity index (χ4n) is 3.21. The average molecular weight is 468 g/mol. The zero-order valence-corrected chi connectivity index (χ0v) is 19.4. The molecule has 0 heterocycles. The van der Waals surface area contributed by atoms with E-state index in [1.807, 2.05) is 46.4 Å². The van der Waals surface area contributed by atoms with Crippen LogP contribution in [-0.2, 0) is 11.4 Å². The van der Waals surface area contributed by atoms with Gasteiger partial charge in [-0.1, -0.05) is 30.3 Å². The summed E-state index contributed by atoms with van der Waals surface area (Å²) in [5.41, 5.74) is 2.90. The van der Waals surface area contributed by atoms with E-state index in [4.69, 9.17) is 14.6 Å². The SMILES string of the molecule is C=O.CO.Cc1cc(OCc2ccccc2)c(C)c(C)c1-c1c(F)c(F)c(F)c(F)c1P. The molecule has 1 N–H and O–H groups in total. The molecule has 0 saturated heterocycles. The lowest BCUT2D eigenvalue weighted by molar-refractivity contribution is -0.0980. The van der Waals surface area contributed by atoms with Crippen molar-refractivity contribution < 1.29 is 32.2 Å². The Kier molecular flexibility index (Phi) is 10.5. The van der Waals surface area contributed by atoms with Crippen molar-refractivity contribution in [2.24, 2.45) is 0 Å². The van der Waals surface area contributed by atoms with Crippen molar-refractivity contribution in [3.63, 3.8) is 0 Å². The third kappa shape index (κ3) is 5.53. The molecular formula is C24H25F4O3P. The number of rotatable bonds is 4. The summed E-state index contributed by atoms with van der Waals surface area (Å²) in [6.07, 6.45) is 0. The van der Waals surface area contributed by atoms with Crippen LogP contribution in [0.15, 0.2) is 36.4 Å². The van der Waals surface area contributed by atoms with E-state index in [1.165, 1.54) is 0 Å². The number of carbonyl (C=O) groups is 1. The van der Waals surface area contributed by atoms with Crippen LogP contribution in [0.1, 0.15) is 22.3 Å². The van der Waals surface area contributed by atoms with Gasteiger partial charge in [-0.25, -0.2) is 17.6 Å². The van der Waals surface area contributed by atoms with Crippen molar-refractivity contribution >= 4 is 21.3 Å². The highest BCUT2D eigenvalue weighted by molar-refractivity contribution is 7.28. The fraction of sp³-hybridized carbons (Fsp3) is 0.208. The summed E-state index contributed by atoms with van der Waals surface area (Å²) in [7, 11) is 2.97. The highest BCUT2D eigenvalue weighted by atomic mass is 31.0. The van der Waals surface area contributed by atoms with Crippen LogP contribution in [0, 0.1) is 44.0 Å². The number of ether oxygens (including phenoxy) is 1. The maximum atomic E-state index is 14.5. The number of aliphatic hydroxyl groups excluding tert-OH is 1. The monoisotopic (exact) mass is 468 g/mol. The molecule has 3 aromatic carbocycles. The maximum absolute atomic E-state index is 14.5. The summed E-state index contributed by atoms with van der Waals surface area (Å²) in [6.45, 7) is 7.55. The van der Waals surface area contributed by atoms with Crippen LogP contribution in [0.4, 0.5) is 17.6 Å². The molecule has 0 aliphatic rings. The van der Waals surface area contributed by atoms with E-state index in [2.05, 4.69) is 0 Å². The van der Waals surface area contributed by atoms with Gasteiger partial charge in [-0.05, 0) is 54.7 Å². The van der Waals surface area contributed by atoms with Gasteiger partial charge in [0.05, 0.1) is 0 Å². The van der Waals surface area contributed by atoms with Crippen molar-refractivity contribution in [1.29, 1.82) is 0 Å². The fourth-order valence-corrected chi connectivity index (χ4v) is 3.61. The molecule has 0 aromatic heterocycles. The van der Waals surface area contributed by atoms with Crippen LogP contribution in [-0.4, -0.2) is 19.0 Å². The Hall–Kier alpha value is -2.76. The number of hydrogen-bond acceptors (Lipinski definition) is 3. The number of halogens is 4. The highest BCUT2D eigenvalue weighted by Crippen LogP contribution is 2.37. The first-order valence-electron chi connectivity index (χ1n) is 9.36. The van der Waals surface area contributed by atoms with Crippen molar-refractivity contribution in [2.45, 2.75) is 27.4 Å². The van der Waals surface area contributed by atoms with Gasteiger partial charge in [-0.15, -0.1) is 9.24 Å². The predicted octanol–water partition coefficient (Wildman–Crippen LogP) is 5.34. The van der Waals surface area contributed by atoms with E-state index in [-0.39, 0.29) is 10.9 Å². The minimum Gasteiger partial charge on any atom is -0.489 e. The van der Waals surface area contributed by atoms with E-state index >= 15 is 0 Å². The maximum Gasteiger partial charge on any atom is 0.198 e. The topological polar surface area (TPSA) is 46.5 Å². The van der Waals surface area contributed by atoms with Crippen molar-refractivity contribution in [3.8, 4) is 16.9 Å². The second-order valence-electron chi connectivity index (χ2n) is 6.64. The molecule has 0 bridgehead atoms. The van der Waals surface area contributed by atoms with Gasteiger partial charge in [-0.3, -0.25) is 0 Å². The lowest BCUT2D eigenvalue weighted by atomic mass is 9.91. The molecule has 0 amide bonds. The zero-order chi connectivity index (χ0) is 24.6. The van der Waals surface area contributed by atoms with E-state index in [9.17, 15) is 17.6 Å². The van der Waals surface area contributed by atoms with Crippen LogP contribution in [0.25, 0.3) is 11.1 Å². The van der Waals surface area contributed by atoms with Crippen molar-refractivity contribution in [2.75, 3.05) is 7.11 Å². The smallest absolute Gasteiger partial charge is 0.198 e. The first kappa shape index (κ1) is 27.3. The highest BCUT2D eigenvalue weighted by Gasteiger charge is 2.26. The standard InChI is InChI=1S/C22H19F4OP.CH4O.CH2O/c1-11-9-15(27-10-14-7-5-4-6-8-14)12(2)13(3)16(11)17-18(23)19(24)20(25)21(26)22(17)28;2*1-2/h4-9H,10,28H2,1-3H3;2H,1H3;1H2. The van der Waals surface area contributed by atoms with Gasteiger partial charge < -0.3 is 14.6 Å². The summed E-state index contributed by atoms with van der Waals surface area (Å²) in [6, 6.07) is 11.3. The van der Waals surface area contributed by atoms with Crippen LogP contribution < -0.4 is 10.0 Å². The van der Waals surface area contributed by atoms with Gasteiger partial charge in [0.15, 0.2) is 23.3 Å². The second-order valence-corrected chi connectivity index (χ2v) is 7.21. The molecule has 3 rings (SSSR count). The van der Waals surface area contributed by atoms with Crippen LogP contribution in [0.5, 0.6) is 5.75 Å². The Bertz CT molecular complexity index is 1040. The third-order valence-electron chi connectivity index (χ3n) is 4.84. The Morgan fingerprint density at radius 3 is 1.94 bits per heavy atom. The number of carbonyl (C=O) groups excluding carboxylic acids is 1. The van der Waals surface area contributed by atoms with Crippen molar-refractivity contribution in [1.82, 2.24) is 0 Å². The van der Waals surface area contributed by atoms with Gasteiger partial charge >= 0.3 is 0 Å². The first-order valence-corrected chi connectivity index (χ1v) is 9.94. The van der Waals surface area contributed by atoms with Gasteiger partial charge in [0, 0.05) is 18.0 Å². The number of aliphatic hydroxyl groups is 1. The van der Waals surface area contributed by atoms with Gasteiger partial charge in [0.1, 0.15) is 19.1 Å². The average Bonchev–Trinajstić information content (AvgIpc) is 2.83. The van der Waals surface area contributed by atoms with Gasteiger partial charge in [-0.2, -0.15) is 0 Å². The summed E-state index contributed by atoms with van der Waals surface area (Å²) >= 11 is 0. The third-order valence-corrected chi connectivity index (χ3v) is 5.38. The lowest BCUT2D eigenvalue weighted by Gasteiger charge is -2.20. The summed E-state index contributed by atoms with van der Waals surface area (Å²) in [5, 5.41) is 6.65. The predicted molar refractivity (Wildman–Crippen MR) is 121 cm³/mol. The number of hydrogen-bond donors (Lipinski definition) is 1. The van der Waals surface area contributed by atoms with Crippen molar-refractivity contribution in [3.05, 3.63) is 81.9 Å². The normalized spacial score (nSPS) is 9.94. The Labute approximate surface area is 187 Å². The minimum absolute atomic E-state index is 0.297. The molecule has 3 aromatic rings. The van der Waals surface area contributed by atoms with Crippen LogP contribution >= 0.6 is 9.24 Å². The summed E-state index contributed by atoms with van der Waals surface area (Å²) in [5.74, 6) is -5.87. The molecule has 0 fully saturated rings. The molecule has 0 saturated carbocycles. The molecular weight excluding hydrogens is 443 g/mol. The molecule has 0 aliphatic heterocycles. The number of benzene rings is 3. The molecule has 1 atom stereocenters. The Balaban J connectivity index is 0.00000121. The van der Waals surface area contributed by atoms with E-state index in [0.29, 0.717) is 34.6 Å². The molecule has 32 heavy (non-hydrogen) atoms. The largest absolute Gasteiger partial charge is 0.489 e. The second kappa shape index (κ2) is 12.3. The van der Waals surface area contributed by atoms with E-state index in [0.717, 1.165) is 12.7 Å². The van der Waals surface area contributed by atoms with Crippen LogP contribution in [0.2, 0.25) is 0 Å². The molecule has 3 nitrogen and oxygen atoms in total. The molecule has 0 aliphatic carbocycles. The quantitative estimate of drug-likeness (QED) is 0.243. The molecule has 0 spiro atoms. The molecule has 172 valence electrons. The van der Waals surface area contributed by atoms with Gasteiger partial charge in [0.25, 0.3) is 0 Å². The molecule has 8 heteroatoms. The summed E-state index contributed by atoms with van der Waals surface area (Å²) in [4.78, 5) is 8.00. The Morgan fingerprint density at radius 1 is 0.844 bits per heavy atom. The summed E-state index contributed by atoms with van der Waals surface area (Å²) < 4.78 is 61.8. The zero-order valence-electron chi connectivity index (χ0n) is 18.2. The lowest BCUT2D eigenvalue weighted by Crippen LogP contribution is -2.14. The van der Waals surface area contributed by atoms with E-state index < -0.39 is 23.3 Å². The molecule has 0 radical (unpaired) electrons. The number of aryl methyl sites for hydroxylation is 1. The minimum atomic E-state index is -1.82. The van der Waals surface area contributed by atoms with E-state index in [1.54, 1.807) is 26.8 Å². The Morgan fingerprint density at radius 2 is 1.38 bits per heavy atom. The molecule has 1 unspecified atom stereocenters. The first-order chi connectivity index (χ1) is 15.2. The van der Waals surface area contributed by atoms with Gasteiger partial charge in [0.2, 0.25) is 0 Å². The van der Waals surface area contributed by atoms with Crippen LogP contribution in [0.3, 0.4) is 0 Å².